The number of rotatable bonds is 1. The molecule has 2 heterocycles. The highest BCUT2D eigenvalue weighted by Gasteiger charge is 2.29. The van der Waals surface area contributed by atoms with Gasteiger partial charge >= 0.3 is 0 Å². The summed E-state index contributed by atoms with van der Waals surface area (Å²) >= 11 is 4.98. The van der Waals surface area contributed by atoms with Crippen LogP contribution in [0.3, 0.4) is 0 Å². The summed E-state index contributed by atoms with van der Waals surface area (Å²) in [6, 6.07) is 6.23. The Kier molecular flexibility index (Phi) is 3.13. The third kappa shape index (κ3) is 2.18. The maximum absolute atomic E-state index is 13.1. The molecule has 18 heavy (non-hydrogen) atoms. The highest BCUT2D eigenvalue weighted by molar-refractivity contribution is 9.10. The SMILES string of the molecule is OC1CC(c2cc(Br)cs2)Oc2ccc(F)cc21. The van der Waals surface area contributed by atoms with Crippen LogP contribution in [0.15, 0.2) is 34.1 Å². The number of fused-ring (bicyclic) bond motifs is 1. The van der Waals surface area contributed by atoms with E-state index in [2.05, 4.69) is 15.9 Å². The number of halogens is 2. The van der Waals surface area contributed by atoms with Crippen LogP contribution in [0.2, 0.25) is 0 Å². The fraction of sp³-hybridized carbons (Fsp3) is 0.231. The molecule has 1 aromatic heterocycles. The van der Waals surface area contributed by atoms with Crippen molar-refractivity contribution in [3.63, 3.8) is 0 Å². The Labute approximate surface area is 116 Å². The molecule has 0 fully saturated rings. The first-order valence-electron chi connectivity index (χ1n) is 5.51. The zero-order chi connectivity index (χ0) is 12.7. The van der Waals surface area contributed by atoms with Crippen LogP contribution in [-0.4, -0.2) is 5.11 Å². The molecule has 5 heteroatoms. The van der Waals surface area contributed by atoms with Crippen LogP contribution in [0.5, 0.6) is 5.75 Å². The molecule has 0 aliphatic carbocycles. The average Bonchev–Trinajstić information content (AvgIpc) is 2.77. The van der Waals surface area contributed by atoms with Crippen LogP contribution in [0.25, 0.3) is 0 Å². The summed E-state index contributed by atoms with van der Waals surface area (Å²) in [5, 5.41) is 12.0. The molecule has 2 atom stereocenters. The van der Waals surface area contributed by atoms with Crippen LogP contribution in [0.1, 0.15) is 29.1 Å². The van der Waals surface area contributed by atoms with E-state index in [9.17, 15) is 9.50 Å². The molecule has 2 nitrogen and oxygen atoms in total. The second-order valence-corrected chi connectivity index (χ2v) is 6.07. The van der Waals surface area contributed by atoms with E-state index in [1.165, 1.54) is 12.1 Å². The van der Waals surface area contributed by atoms with E-state index in [4.69, 9.17) is 4.74 Å². The van der Waals surface area contributed by atoms with E-state index >= 15 is 0 Å². The minimum Gasteiger partial charge on any atom is -0.484 e. The van der Waals surface area contributed by atoms with Gasteiger partial charge in [0.2, 0.25) is 0 Å². The third-order valence-corrected chi connectivity index (χ3v) is 4.73. The number of hydrogen-bond acceptors (Lipinski definition) is 3. The molecule has 3 rings (SSSR count). The maximum atomic E-state index is 13.1. The lowest BCUT2D eigenvalue weighted by Crippen LogP contribution is -2.18. The van der Waals surface area contributed by atoms with Gasteiger partial charge in [0, 0.05) is 26.7 Å². The highest BCUT2D eigenvalue weighted by atomic mass is 79.9. The van der Waals surface area contributed by atoms with Gasteiger partial charge in [-0.3, -0.25) is 0 Å². The summed E-state index contributed by atoms with van der Waals surface area (Å²) in [6.45, 7) is 0. The molecular formula is C13H10BrFO2S. The fourth-order valence-electron chi connectivity index (χ4n) is 2.09. The largest absolute Gasteiger partial charge is 0.484 e. The first kappa shape index (κ1) is 12.1. The Morgan fingerprint density at radius 3 is 2.94 bits per heavy atom. The smallest absolute Gasteiger partial charge is 0.136 e. The molecule has 1 N–H and O–H groups in total. The first-order chi connectivity index (χ1) is 8.63. The van der Waals surface area contributed by atoms with Crippen molar-refractivity contribution in [1.82, 2.24) is 0 Å². The Hall–Kier alpha value is -0.910. The summed E-state index contributed by atoms with van der Waals surface area (Å²) in [4.78, 5) is 1.05. The normalized spacial score (nSPS) is 22.4. The van der Waals surface area contributed by atoms with E-state index in [0.717, 1.165) is 9.35 Å². The van der Waals surface area contributed by atoms with Crippen molar-refractivity contribution >= 4 is 27.3 Å². The molecule has 0 saturated heterocycles. The van der Waals surface area contributed by atoms with Crippen molar-refractivity contribution in [3.8, 4) is 5.75 Å². The van der Waals surface area contributed by atoms with Gasteiger partial charge in [-0.05, 0) is 40.2 Å². The van der Waals surface area contributed by atoms with E-state index < -0.39 is 6.10 Å². The minimum atomic E-state index is -0.685. The van der Waals surface area contributed by atoms with Gasteiger partial charge < -0.3 is 9.84 Å². The number of benzene rings is 1. The van der Waals surface area contributed by atoms with Crippen molar-refractivity contribution < 1.29 is 14.2 Å². The van der Waals surface area contributed by atoms with Crippen LogP contribution in [0, 0.1) is 5.82 Å². The van der Waals surface area contributed by atoms with Gasteiger partial charge in [0.1, 0.15) is 17.7 Å². The average molecular weight is 329 g/mol. The number of aliphatic hydroxyl groups is 1. The molecule has 1 aliphatic heterocycles. The molecule has 0 spiro atoms. The van der Waals surface area contributed by atoms with E-state index in [1.807, 2.05) is 11.4 Å². The summed E-state index contributed by atoms with van der Waals surface area (Å²) < 4.78 is 19.9. The zero-order valence-electron chi connectivity index (χ0n) is 9.27. The highest BCUT2D eigenvalue weighted by Crippen LogP contribution is 2.42. The van der Waals surface area contributed by atoms with Crippen LogP contribution < -0.4 is 4.74 Å². The number of hydrogen-bond donors (Lipinski definition) is 1. The van der Waals surface area contributed by atoms with Gasteiger partial charge in [-0.1, -0.05) is 0 Å². The van der Waals surface area contributed by atoms with Gasteiger partial charge in [0.05, 0.1) is 6.10 Å². The monoisotopic (exact) mass is 328 g/mol. The predicted octanol–water partition coefficient (Wildman–Crippen LogP) is 4.21. The Morgan fingerprint density at radius 1 is 1.39 bits per heavy atom. The predicted molar refractivity (Wildman–Crippen MR) is 71.4 cm³/mol. The summed E-state index contributed by atoms with van der Waals surface area (Å²) in [7, 11) is 0. The zero-order valence-corrected chi connectivity index (χ0v) is 11.7. The van der Waals surface area contributed by atoms with E-state index in [1.54, 1.807) is 17.4 Å². The summed E-state index contributed by atoms with van der Waals surface area (Å²) in [5.41, 5.74) is 0.530. The molecule has 1 aromatic carbocycles. The Bertz CT molecular complexity index is 584. The molecule has 1 aliphatic rings. The van der Waals surface area contributed by atoms with Crippen LogP contribution >= 0.6 is 27.3 Å². The molecule has 94 valence electrons. The molecule has 2 unspecified atom stereocenters. The first-order valence-corrected chi connectivity index (χ1v) is 7.19. The molecule has 2 aromatic rings. The Morgan fingerprint density at radius 2 is 2.22 bits per heavy atom. The van der Waals surface area contributed by atoms with Gasteiger partial charge in [0.25, 0.3) is 0 Å². The number of aliphatic hydroxyl groups excluding tert-OH is 1. The standard InChI is InChI=1S/C13H10BrFO2S/c14-7-3-13(18-6-7)12-5-10(16)9-4-8(15)1-2-11(9)17-12/h1-4,6,10,12,16H,5H2. The minimum absolute atomic E-state index is 0.172. The lowest BCUT2D eigenvalue weighted by atomic mass is 9.98. The second-order valence-electron chi connectivity index (χ2n) is 4.21. The second kappa shape index (κ2) is 4.64. The topological polar surface area (TPSA) is 29.5 Å². The Balaban J connectivity index is 1.94. The summed E-state index contributed by atoms with van der Waals surface area (Å²) in [6.07, 6.45) is -0.409. The van der Waals surface area contributed by atoms with Crippen molar-refractivity contribution in [2.45, 2.75) is 18.6 Å². The number of thiophene rings is 1. The third-order valence-electron chi connectivity index (χ3n) is 2.94. The fourth-order valence-corrected chi connectivity index (χ4v) is 3.58. The van der Waals surface area contributed by atoms with Gasteiger partial charge in [-0.2, -0.15) is 0 Å². The summed E-state index contributed by atoms with van der Waals surface area (Å²) in [5.74, 6) is 0.207. The van der Waals surface area contributed by atoms with Gasteiger partial charge in [0.15, 0.2) is 0 Å². The van der Waals surface area contributed by atoms with Crippen molar-refractivity contribution in [2.24, 2.45) is 0 Å². The van der Waals surface area contributed by atoms with Crippen molar-refractivity contribution in [1.29, 1.82) is 0 Å². The molecule has 0 saturated carbocycles. The maximum Gasteiger partial charge on any atom is 0.136 e. The van der Waals surface area contributed by atoms with E-state index in [0.29, 0.717) is 17.7 Å². The van der Waals surface area contributed by atoms with Crippen LogP contribution in [-0.2, 0) is 0 Å². The molecular weight excluding hydrogens is 319 g/mol. The lowest BCUT2D eigenvalue weighted by Gasteiger charge is -2.29. The van der Waals surface area contributed by atoms with Crippen molar-refractivity contribution in [2.75, 3.05) is 0 Å². The molecule has 0 bridgehead atoms. The number of ether oxygens (including phenoxy) is 1. The van der Waals surface area contributed by atoms with E-state index in [-0.39, 0.29) is 11.9 Å². The van der Waals surface area contributed by atoms with Gasteiger partial charge in [-0.15, -0.1) is 11.3 Å². The van der Waals surface area contributed by atoms with Crippen molar-refractivity contribution in [3.05, 3.63) is 50.4 Å². The van der Waals surface area contributed by atoms with Gasteiger partial charge in [-0.25, -0.2) is 4.39 Å². The lowest BCUT2D eigenvalue weighted by molar-refractivity contribution is 0.0670. The molecule has 0 radical (unpaired) electrons. The quantitative estimate of drug-likeness (QED) is 0.849. The van der Waals surface area contributed by atoms with Crippen LogP contribution in [0.4, 0.5) is 4.39 Å². The molecule has 0 amide bonds.